The number of rotatable bonds is 5. The van der Waals surface area contributed by atoms with Crippen LogP contribution in [0.4, 0.5) is 0 Å². The Kier molecular flexibility index (Phi) is 4.76. The molecule has 0 saturated carbocycles. The molecule has 0 radical (unpaired) electrons. The number of amides is 1. The molecule has 2 heterocycles. The van der Waals surface area contributed by atoms with Gasteiger partial charge in [0, 0.05) is 38.0 Å². The van der Waals surface area contributed by atoms with Crippen LogP contribution in [0.1, 0.15) is 24.4 Å². The summed E-state index contributed by atoms with van der Waals surface area (Å²) in [6.45, 7) is 3.81. The number of hydrogen-bond acceptors (Lipinski definition) is 4. The zero-order valence-electron chi connectivity index (χ0n) is 13.7. The van der Waals surface area contributed by atoms with Crippen molar-refractivity contribution in [3.05, 3.63) is 41.9 Å². The van der Waals surface area contributed by atoms with Crippen LogP contribution in [0.5, 0.6) is 0 Å². The van der Waals surface area contributed by atoms with Crippen molar-refractivity contribution < 1.29 is 9.21 Å². The Bertz CT molecular complexity index is 660. The maximum absolute atomic E-state index is 12.3. The SMILES string of the molecule is Cc1nc(CCC(=O)N(C)C2CCNC2)oc1-c1ccccc1. The van der Waals surface area contributed by atoms with Crippen LogP contribution in [-0.4, -0.2) is 42.0 Å². The molecule has 3 rings (SSSR count). The van der Waals surface area contributed by atoms with Gasteiger partial charge in [0.25, 0.3) is 0 Å². The molecule has 0 aliphatic carbocycles. The molecule has 1 aliphatic rings. The summed E-state index contributed by atoms with van der Waals surface area (Å²) in [5.74, 6) is 1.57. The predicted octanol–water partition coefficient (Wildman–Crippen LogP) is 2.40. The van der Waals surface area contributed by atoms with Crippen LogP contribution >= 0.6 is 0 Å². The van der Waals surface area contributed by atoms with Crippen LogP contribution in [0.2, 0.25) is 0 Å². The normalized spacial score (nSPS) is 17.4. The van der Waals surface area contributed by atoms with Crippen molar-refractivity contribution in [1.29, 1.82) is 0 Å². The number of aryl methyl sites for hydroxylation is 2. The van der Waals surface area contributed by atoms with Gasteiger partial charge in [-0.25, -0.2) is 4.98 Å². The summed E-state index contributed by atoms with van der Waals surface area (Å²) < 4.78 is 5.86. The molecule has 1 N–H and O–H groups in total. The lowest BCUT2D eigenvalue weighted by Gasteiger charge is -2.23. The van der Waals surface area contributed by atoms with Crippen LogP contribution in [-0.2, 0) is 11.2 Å². The zero-order chi connectivity index (χ0) is 16.2. The third kappa shape index (κ3) is 3.62. The van der Waals surface area contributed by atoms with Crippen LogP contribution in [0.25, 0.3) is 11.3 Å². The Morgan fingerprint density at radius 3 is 2.87 bits per heavy atom. The largest absolute Gasteiger partial charge is 0.440 e. The number of likely N-dealkylation sites (N-methyl/N-ethyl adjacent to an activating group) is 1. The van der Waals surface area contributed by atoms with Gasteiger partial charge < -0.3 is 14.6 Å². The van der Waals surface area contributed by atoms with Crippen molar-refractivity contribution in [3.8, 4) is 11.3 Å². The molecule has 122 valence electrons. The van der Waals surface area contributed by atoms with Crippen LogP contribution in [0.15, 0.2) is 34.7 Å². The third-order valence-corrected chi connectivity index (χ3v) is 4.41. The van der Waals surface area contributed by atoms with Crippen molar-refractivity contribution in [1.82, 2.24) is 15.2 Å². The van der Waals surface area contributed by atoms with Gasteiger partial charge in [-0.15, -0.1) is 0 Å². The molecular formula is C18H23N3O2. The molecule has 1 aromatic carbocycles. The first-order valence-electron chi connectivity index (χ1n) is 8.13. The first-order valence-corrected chi connectivity index (χ1v) is 8.13. The molecule has 1 aromatic heterocycles. The fourth-order valence-corrected chi connectivity index (χ4v) is 2.98. The number of nitrogens with one attached hydrogen (secondary N) is 1. The van der Waals surface area contributed by atoms with Gasteiger partial charge in [-0.05, 0) is 19.9 Å². The van der Waals surface area contributed by atoms with E-state index in [9.17, 15) is 4.79 Å². The number of oxazole rings is 1. The average molecular weight is 313 g/mol. The smallest absolute Gasteiger partial charge is 0.223 e. The van der Waals surface area contributed by atoms with Gasteiger partial charge in [0.05, 0.1) is 5.69 Å². The summed E-state index contributed by atoms with van der Waals surface area (Å²) in [5, 5.41) is 3.29. The first-order chi connectivity index (χ1) is 11.1. The molecule has 1 amide bonds. The van der Waals surface area contributed by atoms with E-state index in [0.29, 0.717) is 24.8 Å². The molecule has 0 spiro atoms. The summed E-state index contributed by atoms with van der Waals surface area (Å²) in [5.41, 5.74) is 1.89. The van der Waals surface area contributed by atoms with E-state index in [4.69, 9.17) is 4.42 Å². The van der Waals surface area contributed by atoms with E-state index in [-0.39, 0.29) is 5.91 Å². The van der Waals surface area contributed by atoms with Crippen molar-refractivity contribution in [2.45, 2.75) is 32.2 Å². The van der Waals surface area contributed by atoms with E-state index >= 15 is 0 Å². The quantitative estimate of drug-likeness (QED) is 0.921. The molecule has 0 bridgehead atoms. The summed E-state index contributed by atoms with van der Waals surface area (Å²) >= 11 is 0. The molecule has 1 fully saturated rings. The molecule has 1 saturated heterocycles. The van der Waals surface area contributed by atoms with E-state index in [1.54, 1.807) is 0 Å². The van der Waals surface area contributed by atoms with Crippen LogP contribution in [0.3, 0.4) is 0 Å². The minimum Gasteiger partial charge on any atom is -0.440 e. The summed E-state index contributed by atoms with van der Waals surface area (Å²) in [7, 11) is 1.89. The number of carbonyl (C=O) groups excluding carboxylic acids is 1. The average Bonchev–Trinajstić information content (AvgIpc) is 3.22. The Morgan fingerprint density at radius 1 is 1.39 bits per heavy atom. The van der Waals surface area contributed by atoms with E-state index in [1.807, 2.05) is 49.2 Å². The van der Waals surface area contributed by atoms with Crippen LogP contribution in [0, 0.1) is 6.92 Å². The highest BCUT2D eigenvalue weighted by atomic mass is 16.4. The maximum atomic E-state index is 12.3. The molecule has 1 atom stereocenters. The number of nitrogens with zero attached hydrogens (tertiary/aromatic N) is 2. The Morgan fingerprint density at radius 2 is 2.17 bits per heavy atom. The van der Waals surface area contributed by atoms with Crippen LogP contribution < -0.4 is 5.32 Å². The van der Waals surface area contributed by atoms with E-state index in [1.165, 1.54) is 0 Å². The van der Waals surface area contributed by atoms with Crippen molar-refractivity contribution >= 4 is 5.91 Å². The Labute approximate surface area is 136 Å². The Balaban J connectivity index is 1.61. The molecule has 1 aliphatic heterocycles. The number of benzene rings is 1. The lowest BCUT2D eigenvalue weighted by atomic mass is 10.1. The van der Waals surface area contributed by atoms with E-state index < -0.39 is 0 Å². The van der Waals surface area contributed by atoms with Crippen molar-refractivity contribution in [3.63, 3.8) is 0 Å². The molecule has 2 aromatic rings. The van der Waals surface area contributed by atoms with Gasteiger partial charge in [0.15, 0.2) is 11.7 Å². The molecule has 23 heavy (non-hydrogen) atoms. The molecule has 1 unspecified atom stereocenters. The number of carbonyl (C=O) groups is 1. The lowest BCUT2D eigenvalue weighted by molar-refractivity contribution is -0.131. The highest BCUT2D eigenvalue weighted by molar-refractivity contribution is 5.76. The third-order valence-electron chi connectivity index (χ3n) is 4.41. The minimum absolute atomic E-state index is 0.149. The molecule has 5 heteroatoms. The zero-order valence-corrected chi connectivity index (χ0v) is 13.7. The fourth-order valence-electron chi connectivity index (χ4n) is 2.98. The maximum Gasteiger partial charge on any atom is 0.223 e. The van der Waals surface area contributed by atoms with E-state index in [2.05, 4.69) is 10.3 Å². The van der Waals surface area contributed by atoms with Gasteiger partial charge in [-0.3, -0.25) is 4.79 Å². The monoisotopic (exact) mass is 313 g/mol. The minimum atomic E-state index is 0.149. The van der Waals surface area contributed by atoms with Gasteiger partial charge in [-0.1, -0.05) is 30.3 Å². The first kappa shape index (κ1) is 15.7. The highest BCUT2D eigenvalue weighted by Gasteiger charge is 2.23. The standard InChI is InChI=1S/C18H23N3O2/c1-13-18(14-6-4-3-5-7-14)23-16(20-13)8-9-17(22)21(2)15-10-11-19-12-15/h3-7,15,19H,8-12H2,1-2H3. The predicted molar refractivity (Wildman–Crippen MR) is 89.0 cm³/mol. The topological polar surface area (TPSA) is 58.4 Å². The number of hydrogen-bond donors (Lipinski definition) is 1. The number of aromatic nitrogens is 1. The van der Waals surface area contributed by atoms with Crippen molar-refractivity contribution in [2.24, 2.45) is 0 Å². The molecular weight excluding hydrogens is 290 g/mol. The second kappa shape index (κ2) is 6.96. The second-order valence-corrected chi connectivity index (χ2v) is 6.04. The summed E-state index contributed by atoms with van der Waals surface area (Å²) in [6.07, 6.45) is 2.00. The van der Waals surface area contributed by atoms with Gasteiger partial charge in [-0.2, -0.15) is 0 Å². The second-order valence-electron chi connectivity index (χ2n) is 6.04. The fraction of sp³-hybridized carbons (Fsp3) is 0.444. The lowest BCUT2D eigenvalue weighted by Crippen LogP contribution is -2.38. The van der Waals surface area contributed by atoms with Gasteiger partial charge >= 0.3 is 0 Å². The summed E-state index contributed by atoms with van der Waals surface area (Å²) in [6, 6.07) is 10.2. The summed E-state index contributed by atoms with van der Waals surface area (Å²) in [4.78, 5) is 18.6. The highest BCUT2D eigenvalue weighted by Crippen LogP contribution is 2.24. The van der Waals surface area contributed by atoms with E-state index in [0.717, 1.165) is 36.5 Å². The Hall–Kier alpha value is -2.14. The van der Waals surface area contributed by atoms with Crippen molar-refractivity contribution in [2.75, 3.05) is 20.1 Å². The molecule has 5 nitrogen and oxygen atoms in total. The van der Waals surface area contributed by atoms with Gasteiger partial charge in [0.2, 0.25) is 5.91 Å². The van der Waals surface area contributed by atoms with Gasteiger partial charge in [0.1, 0.15) is 0 Å².